The summed E-state index contributed by atoms with van der Waals surface area (Å²) in [6.45, 7) is 7.34. The van der Waals surface area contributed by atoms with Crippen molar-refractivity contribution in [1.29, 1.82) is 0 Å². The van der Waals surface area contributed by atoms with Gasteiger partial charge in [-0.1, -0.05) is 20.8 Å². The van der Waals surface area contributed by atoms with Crippen molar-refractivity contribution in [2.24, 2.45) is 23.0 Å². The number of hydrogen-bond acceptors (Lipinski definition) is 4. The maximum atomic E-state index is 12.4. The van der Waals surface area contributed by atoms with Crippen LogP contribution in [0.1, 0.15) is 40.5 Å². The van der Waals surface area contributed by atoms with E-state index in [4.69, 9.17) is 10.8 Å². The van der Waals surface area contributed by atoms with Crippen molar-refractivity contribution in [2.45, 2.75) is 58.7 Å². The van der Waals surface area contributed by atoms with Crippen molar-refractivity contribution >= 4 is 11.9 Å². The predicted octanol–water partition coefficient (Wildman–Crippen LogP) is 0.336. The van der Waals surface area contributed by atoms with Gasteiger partial charge in [0.05, 0.1) is 6.10 Å². The molecule has 0 radical (unpaired) electrons. The fourth-order valence-electron chi connectivity index (χ4n) is 2.96. The van der Waals surface area contributed by atoms with E-state index < -0.39 is 18.1 Å². The Bertz CT molecular complexity index is 381. The van der Waals surface area contributed by atoms with Crippen molar-refractivity contribution in [2.75, 3.05) is 0 Å². The Balaban J connectivity index is 2.84. The van der Waals surface area contributed by atoms with Crippen LogP contribution in [0.15, 0.2) is 0 Å². The summed E-state index contributed by atoms with van der Waals surface area (Å²) in [5, 5.41) is 20.9. The highest BCUT2D eigenvalue weighted by Gasteiger charge is 2.45. The van der Waals surface area contributed by atoms with Gasteiger partial charge in [-0.15, -0.1) is 0 Å². The van der Waals surface area contributed by atoms with E-state index in [0.29, 0.717) is 6.42 Å². The van der Waals surface area contributed by atoms with Crippen LogP contribution in [0.3, 0.4) is 0 Å². The molecule has 1 amide bonds. The van der Waals surface area contributed by atoms with Gasteiger partial charge in [0.25, 0.3) is 0 Å². The minimum Gasteiger partial charge on any atom is -0.480 e. The molecule has 1 aliphatic carbocycles. The zero-order chi connectivity index (χ0) is 15.7. The molecular weight excluding hydrogens is 260 g/mol. The SMILES string of the molecule is CC(O)C(NC(=O)C1CCC(N)C(C)C1(C)C)C(=O)O. The van der Waals surface area contributed by atoms with Gasteiger partial charge in [-0.2, -0.15) is 0 Å². The van der Waals surface area contributed by atoms with Crippen molar-refractivity contribution in [3.8, 4) is 0 Å². The van der Waals surface area contributed by atoms with Gasteiger partial charge in [0.1, 0.15) is 0 Å². The predicted molar refractivity (Wildman–Crippen MR) is 74.9 cm³/mol. The van der Waals surface area contributed by atoms with Gasteiger partial charge >= 0.3 is 5.97 Å². The molecule has 5 atom stereocenters. The molecule has 116 valence electrons. The third-order valence-electron chi connectivity index (χ3n) is 4.87. The molecule has 5 N–H and O–H groups in total. The first kappa shape index (κ1) is 16.9. The molecule has 6 nitrogen and oxygen atoms in total. The maximum absolute atomic E-state index is 12.4. The number of aliphatic carboxylic acids is 1. The van der Waals surface area contributed by atoms with Gasteiger partial charge in [0, 0.05) is 12.0 Å². The van der Waals surface area contributed by atoms with Crippen molar-refractivity contribution in [3.63, 3.8) is 0 Å². The third kappa shape index (κ3) is 3.30. The molecule has 1 aliphatic rings. The number of aliphatic hydroxyl groups excluding tert-OH is 1. The van der Waals surface area contributed by atoms with Crippen molar-refractivity contribution in [1.82, 2.24) is 5.32 Å². The van der Waals surface area contributed by atoms with Gasteiger partial charge in [0.2, 0.25) is 5.91 Å². The number of nitrogens with one attached hydrogen (secondary N) is 1. The van der Waals surface area contributed by atoms with Crippen LogP contribution in [-0.4, -0.2) is 40.3 Å². The summed E-state index contributed by atoms with van der Waals surface area (Å²) in [5.74, 6) is -1.67. The Labute approximate surface area is 119 Å². The van der Waals surface area contributed by atoms with E-state index in [0.717, 1.165) is 6.42 Å². The van der Waals surface area contributed by atoms with Crippen LogP contribution in [0.4, 0.5) is 0 Å². The number of hydrogen-bond donors (Lipinski definition) is 4. The number of aliphatic hydroxyl groups is 1. The zero-order valence-corrected chi connectivity index (χ0v) is 12.6. The Morgan fingerprint density at radius 1 is 1.35 bits per heavy atom. The minimum atomic E-state index is -1.27. The Morgan fingerprint density at radius 2 is 1.90 bits per heavy atom. The van der Waals surface area contributed by atoms with Crippen LogP contribution in [0.5, 0.6) is 0 Å². The number of carbonyl (C=O) groups is 2. The second-order valence-corrected chi connectivity index (χ2v) is 6.47. The summed E-state index contributed by atoms with van der Waals surface area (Å²) in [7, 11) is 0. The standard InChI is InChI=1S/C14H26N2O4/c1-7-10(15)6-5-9(14(7,3)4)12(18)16-11(8(2)17)13(19)20/h7-11,17H,5-6,15H2,1-4H3,(H,16,18)(H,19,20). The van der Waals surface area contributed by atoms with Crippen LogP contribution in [0.25, 0.3) is 0 Å². The minimum absolute atomic E-state index is 0.0566. The van der Waals surface area contributed by atoms with Gasteiger partial charge in [-0.3, -0.25) is 4.79 Å². The first-order valence-corrected chi connectivity index (χ1v) is 7.05. The first-order chi connectivity index (χ1) is 9.09. The summed E-state index contributed by atoms with van der Waals surface area (Å²) >= 11 is 0. The molecule has 1 fully saturated rings. The monoisotopic (exact) mass is 286 g/mol. The molecule has 0 aromatic rings. The molecule has 0 aliphatic heterocycles. The summed E-state index contributed by atoms with van der Waals surface area (Å²) in [6, 6.07) is -1.22. The van der Waals surface area contributed by atoms with E-state index in [-0.39, 0.29) is 29.2 Å². The lowest BCUT2D eigenvalue weighted by molar-refractivity contribution is -0.147. The molecule has 0 bridgehead atoms. The van der Waals surface area contributed by atoms with E-state index in [1.165, 1.54) is 6.92 Å². The number of carboxylic acids is 1. The summed E-state index contributed by atoms with van der Waals surface area (Å²) in [5.41, 5.74) is 5.75. The number of nitrogens with two attached hydrogens (primary N) is 1. The number of carbonyl (C=O) groups excluding carboxylic acids is 1. The second-order valence-electron chi connectivity index (χ2n) is 6.47. The van der Waals surface area contributed by atoms with E-state index in [9.17, 15) is 14.7 Å². The van der Waals surface area contributed by atoms with E-state index in [1.807, 2.05) is 20.8 Å². The molecule has 6 heteroatoms. The molecule has 0 heterocycles. The van der Waals surface area contributed by atoms with Gasteiger partial charge in [-0.25, -0.2) is 4.79 Å². The fraction of sp³-hybridized carbons (Fsp3) is 0.857. The zero-order valence-electron chi connectivity index (χ0n) is 12.6. The fourth-order valence-corrected chi connectivity index (χ4v) is 2.96. The average molecular weight is 286 g/mol. The van der Waals surface area contributed by atoms with E-state index in [1.54, 1.807) is 0 Å². The van der Waals surface area contributed by atoms with Crippen molar-refractivity contribution < 1.29 is 19.8 Å². The lowest BCUT2D eigenvalue weighted by Crippen LogP contribution is -2.55. The van der Waals surface area contributed by atoms with Crippen LogP contribution >= 0.6 is 0 Å². The summed E-state index contributed by atoms with van der Waals surface area (Å²) < 4.78 is 0. The topological polar surface area (TPSA) is 113 Å². The molecule has 0 saturated heterocycles. The third-order valence-corrected chi connectivity index (χ3v) is 4.87. The summed E-state index contributed by atoms with van der Waals surface area (Å²) in [4.78, 5) is 23.4. The maximum Gasteiger partial charge on any atom is 0.328 e. The molecule has 5 unspecified atom stereocenters. The van der Waals surface area contributed by atoms with Crippen LogP contribution in [0.2, 0.25) is 0 Å². The second kappa shape index (κ2) is 6.10. The first-order valence-electron chi connectivity index (χ1n) is 7.05. The van der Waals surface area contributed by atoms with Crippen LogP contribution in [-0.2, 0) is 9.59 Å². The largest absolute Gasteiger partial charge is 0.480 e. The highest BCUT2D eigenvalue weighted by molar-refractivity contribution is 5.85. The molecule has 0 aromatic heterocycles. The molecular formula is C14H26N2O4. The van der Waals surface area contributed by atoms with Crippen molar-refractivity contribution in [3.05, 3.63) is 0 Å². The molecule has 20 heavy (non-hydrogen) atoms. The number of carboxylic acid groups (broad SMARTS) is 1. The highest BCUT2D eigenvalue weighted by Crippen LogP contribution is 2.44. The summed E-state index contributed by atoms with van der Waals surface area (Å²) in [6.07, 6.45) is 0.244. The molecule has 0 spiro atoms. The van der Waals surface area contributed by atoms with E-state index in [2.05, 4.69) is 5.32 Å². The Morgan fingerprint density at radius 3 is 2.35 bits per heavy atom. The van der Waals surface area contributed by atoms with E-state index >= 15 is 0 Å². The highest BCUT2D eigenvalue weighted by atomic mass is 16.4. The van der Waals surface area contributed by atoms with Crippen LogP contribution in [0, 0.1) is 17.3 Å². The quantitative estimate of drug-likeness (QED) is 0.595. The van der Waals surface area contributed by atoms with Crippen LogP contribution < -0.4 is 11.1 Å². The average Bonchev–Trinajstić information content (AvgIpc) is 2.32. The smallest absolute Gasteiger partial charge is 0.328 e. The number of amides is 1. The lowest BCUT2D eigenvalue weighted by atomic mass is 9.61. The molecule has 1 rings (SSSR count). The lowest BCUT2D eigenvalue weighted by Gasteiger charge is -2.46. The van der Waals surface area contributed by atoms with Gasteiger partial charge < -0.3 is 21.3 Å². The molecule has 0 aromatic carbocycles. The normalized spacial score (nSPS) is 32.2. The Kier molecular flexibility index (Phi) is 5.15. The molecule has 1 saturated carbocycles. The number of rotatable bonds is 4. The Hall–Kier alpha value is -1.14. The van der Waals surface area contributed by atoms with Gasteiger partial charge in [0.15, 0.2) is 6.04 Å². The van der Waals surface area contributed by atoms with Gasteiger partial charge in [-0.05, 0) is 31.1 Å².